The van der Waals surface area contributed by atoms with Crippen molar-refractivity contribution in [3.05, 3.63) is 42.2 Å². The normalized spacial score (nSPS) is 19.3. The monoisotopic (exact) mass is 358 g/mol. The first-order chi connectivity index (χ1) is 12.6. The maximum absolute atomic E-state index is 10.9. The second-order valence-corrected chi connectivity index (χ2v) is 6.57. The van der Waals surface area contributed by atoms with Gasteiger partial charge in [0.05, 0.1) is 19.3 Å². The molecule has 3 rings (SSSR count). The van der Waals surface area contributed by atoms with Crippen molar-refractivity contribution in [2.75, 3.05) is 20.2 Å². The molecule has 140 valence electrons. The van der Waals surface area contributed by atoms with Crippen molar-refractivity contribution in [1.29, 1.82) is 0 Å². The summed E-state index contributed by atoms with van der Waals surface area (Å²) in [6.07, 6.45) is 3.74. The third-order valence-electron chi connectivity index (χ3n) is 4.98. The molecule has 0 bridgehead atoms. The predicted molar refractivity (Wildman–Crippen MR) is 98.6 cm³/mol. The Bertz CT molecular complexity index is 740. The minimum absolute atomic E-state index is 0.120. The molecule has 2 N–H and O–H groups in total. The number of nitrogens with one attached hydrogen (secondary N) is 1. The maximum Gasteiger partial charge on any atom is 0.317 e. The third kappa shape index (κ3) is 4.05. The number of likely N-dealkylation sites (N-methyl/N-ethyl adjacent to an activating group) is 1. The van der Waals surface area contributed by atoms with Crippen LogP contribution in [0.1, 0.15) is 25.5 Å². The van der Waals surface area contributed by atoms with Crippen molar-refractivity contribution < 1.29 is 14.6 Å². The summed E-state index contributed by atoms with van der Waals surface area (Å²) in [6, 6.07) is 10.6. The van der Waals surface area contributed by atoms with E-state index in [1.165, 1.54) is 0 Å². The van der Waals surface area contributed by atoms with E-state index in [9.17, 15) is 4.79 Å². The molecule has 0 saturated heterocycles. The number of carboxylic acid groups (broad SMARTS) is 1. The number of nitrogens with zero attached hydrogens (tertiary/aromatic N) is 3. The lowest BCUT2D eigenvalue weighted by atomic mass is 9.85. The summed E-state index contributed by atoms with van der Waals surface area (Å²) in [7, 11) is 1.66. The zero-order valence-electron chi connectivity index (χ0n) is 15.3. The van der Waals surface area contributed by atoms with Crippen LogP contribution in [0.5, 0.6) is 5.75 Å². The van der Waals surface area contributed by atoms with Gasteiger partial charge in [0.25, 0.3) is 0 Å². The van der Waals surface area contributed by atoms with E-state index in [-0.39, 0.29) is 6.54 Å². The van der Waals surface area contributed by atoms with Crippen molar-refractivity contribution in [2.45, 2.75) is 38.4 Å². The predicted octanol–water partition coefficient (Wildman–Crippen LogP) is 1.91. The second-order valence-electron chi connectivity index (χ2n) is 6.57. The van der Waals surface area contributed by atoms with Crippen LogP contribution in [0.3, 0.4) is 0 Å². The van der Waals surface area contributed by atoms with Crippen molar-refractivity contribution in [1.82, 2.24) is 20.0 Å². The van der Waals surface area contributed by atoms with Crippen LogP contribution < -0.4 is 10.1 Å². The van der Waals surface area contributed by atoms with Crippen LogP contribution >= 0.6 is 0 Å². The topological polar surface area (TPSA) is 79.6 Å². The van der Waals surface area contributed by atoms with Gasteiger partial charge in [0.1, 0.15) is 11.4 Å². The average molecular weight is 358 g/mol. The van der Waals surface area contributed by atoms with Crippen LogP contribution in [0.4, 0.5) is 0 Å². The van der Waals surface area contributed by atoms with Gasteiger partial charge in [-0.3, -0.25) is 9.69 Å². The summed E-state index contributed by atoms with van der Waals surface area (Å²) < 4.78 is 7.33. The van der Waals surface area contributed by atoms with Gasteiger partial charge in [0, 0.05) is 24.8 Å². The number of hydrogen-bond donors (Lipinski definition) is 2. The second kappa shape index (κ2) is 8.33. The van der Waals surface area contributed by atoms with Gasteiger partial charge in [-0.25, -0.2) is 4.68 Å². The molecule has 0 amide bonds. The number of carboxylic acids is 1. The van der Waals surface area contributed by atoms with Crippen LogP contribution in [0.25, 0.3) is 5.69 Å². The Labute approximate surface area is 153 Å². The van der Waals surface area contributed by atoms with Crippen LogP contribution in [0.15, 0.2) is 36.5 Å². The first-order valence-electron chi connectivity index (χ1n) is 8.97. The molecule has 1 fully saturated rings. The molecule has 1 saturated carbocycles. The molecule has 1 heterocycles. The maximum atomic E-state index is 10.9. The number of rotatable bonds is 9. The summed E-state index contributed by atoms with van der Waals surface area (Å²) >= 11 is 0. The van der Waals surface area contributed by atoms with E-state index in [0.29, 0.717) is 18.6 Å². The molecular weight excluding hydrogens is 332 g/mol. The molecule has 26 heavy (non-hydrogen) atoms. The number of ether oxygens (including phenoxy) is 1. The van der Waals surface area contributed by atoms with Crippen molar-refractivity contribution in [2.24, 2.45) is 0 Å². The Morgan fingerprint density at radius 2 is 2.15 bits per heavy atom. The molecule has 7 nitrogen and oxygen atoms in total. The SMILES string of the molecule is CCN(CC(=O)O)C1CC(NCc2ccnn2-c2ccccc2OC)C1. The Kier molecular flexibility index (Phi) is 5.90. The largest absolute Gasteiger partial charge is 0.494 e. The average Bonchev–Trinajstić information content (AvgIpc) is 3.07. The number of aliphatic carboxylic acids is 1. The smallest absolute Gasteiger partial charge is 0.317 e. The minimum atomic E-state index is -0.760. The molecule has 0 unspecified atom stereocenters. The molecule has 1 aliphatic carbocycles. The van der Waals surface area contributed by atoms with Crippen LogP contribution in [0, 0.1) is 0 Å². The number of carbonyl (C=O) groups is 1. The molecule has 1 aliphatic rings. The Balaban J connectivity index is 1.56. The molecule has 1 aromatic carbocycles. The van der Waals surface area contributed by atoms with E-state index in [1.54, 1.807) is 13.3 Å². The van der Waals surface area contributed by atoms with E-state index in [0.717, 1.165) is 36.5 Å². The fourth-order valence-corrected chi connectivity index (χ4v) is 3.46. The zero-order chi connectivity index (χ0) is 18.5. The lowest BCUT2D eigenvalue weighted by Crippen LogP contribution is -2.53. The fourth-order valence-electron chi connectivity index (χ4n) is 3.46. The van der Waals surface area contributed by atoms with Gasteiger partial charge < -0.3 is 15.2 Å². The standard InChI is InChI=1S/C19H26N4O3/c1-3-22(13-19(24)25)16-10-14(11-16)20-12-15-8-9-21-23(15)17-6-4-5-7-18(17)26-2/h4-9,14,16,20H,3,10-13H2,1-2H3,(H,24,25). The number of aromatic nitrogens is 2. The summed E-state index contributed by atoms with van der Waals surface area (Å²) in [6.45, 7) is 3.61. The number of para-hydroxylation sites is 2. The number of hydrogen-bond acceptors (Lipinski definition) is 5. The fraction of sp³-hybridized carbons (Fsp3) is 0.474. The van der Waals surface area contributed by atoms with Crippen LogP contribution in [0.2, 0.25) is 0 Å². The van der Waals surface area contributed by atoms with E-state index in [4.69, 9.17) is 9.84 Å². The van der Waals surface area contributed by atoms with Crippen molar-refractivity contribution in [3.63, 3.8) is 0 Å². The Morgan fingerprint density at radius 3 is 2.85 bits per heavy atom. The van der Waals surface area contributed by atoms with Gasteiger partial charge in [-0.1, -0.05) is 19.1 Å². The highest BCUT2D eigenvalue weighted by molar-refractivity contribution is 5.69. The molecule has 0 spiro atoms. The molecule has 0 aliphatic heterocycles. The third-order valence-corrected chi connectivity index (χ3v) is 4.98. The summed E-state index contributed by atoms with van der Waals surface area (Å²) in [5.41, 5.74) is 1.98. The molecular formula is C19H26N4O3. The Hall–Kier alpha value is -2.38. The molecule has 1 aromatic heterocycles. The van der Waals surface area contributed by atoms with Gasteiger partial charge in [-0.2, -0.15) is 5.10 Å². The highest BCUT2D eigenvalue weighted by atomic mass is 16.5. The van der Waals surface area contributed by atoms with Gasteiger partial charge >= 0.3 is 5.97 Å². The van der Waals surface area contributed by atoms with Crippen molar-refractivity contribution >= 4 is 5.97 Å². The van der Waals surface area contributed by atoms with Crippen LogP contribution in [-0.4, -0.2) is 58.0 Å². The summed E-state index contributed by atoms with van der Waals surface area (Å²) in [4.78, 5) is 13.0. The van der Waals surface area contributed by atoms with E-state index in [2.05, 4.69) is 10.4 Å². The van der Waals surface area contributed by atoms with Gasteiger partial charge in [0.2, 0.25) is 0 Å². The number of benzene rings is 1. The van der Waals surface area contributed by atoms with E-state index >= 15 is 0 Å². The van der Waals surface area contributed by atoms with E-state index < -0.39 is 5.97 Å². The molecule has 2 aromatic rings. The molecule has 7 heteroatoms. The summed E-state index contributed by atoms with van der Waals surface area (Å²) in [5.74, 6) is 0.0254. The lowest BCUT2D eigenvalue weighted by Gasteiger charge is -2.42. The lowest BCUT2D eigenvalue weighted by molar-refractivity contribution is -0.139. The zero-order valence-corrected chi connectivity index (χ0v) is 15.3. The van der Waals surface area contributed by atoms with Crippen LogP contribution in [-0.2, 0) is 11.3 Å². The highest BCUT2D eigenvalue weighted by Crippen LogP contribution is 2.27. The first kappa shape index (κ1) is 18.4. The first-order valence-corrected chi connectivity index (χ1v) is 8.97. The van der Waals surface area contributed by atoms with Gasteiger partial charge in [-0.05, 0) is 37.6 Å². The summed E-state index contributed by atoms with van der Waals surface area (Å²) in [5, 5.41) is 17.0. The number of methoxy groups -OCH3 is 1. The van der Waals surface area contributed by atoms with Gasteiger partial charge in [0.15, 0.2) is 0 Å². The van der Waals surface area contributed by atoms with Gasteiger partial charge in [-0.15, -0.1) is 0 Å². The van der Waals surface area contributed by atoms with E-state index in [1.807, 2.05) is 46.8 Å². The molecule has 0 radical (unpaired) electrons. The van der Waals surface area contributed by atoms with Crippen molar-refractivity contribution in [3.8, 4) is 11.4 Å². The molecule has 0 atom stereocenters. The minimum Gasteiger partial charge on any atom is -0.494 e. The quantitative estimate of drug-likeness (QED) is 0.713. The Morgan fingerprint density at radius 1 is 1.38 bits per heavy atom. The highest BCUT2D eigenvalue weighted by Gasteiger charge is 2.33.